The van der Waals surface area contributed by atoms with Gasteiger partial charge in [0.15, 0.2) is 0 Å². The van der Waals surface area contributed by atoms with Crippen molar-refractivity contribution in [2.24, 2.45) is 0 Å². The number of hydrogen-bond donors (Lipinski definition) is 1. The zero-order valence-corrected chi connectivity index (χ0v) is 19.4. The highest BCUT2D eigenvalue weighted by atomic mass is 35.5. The van der Waals surface area contributed by atoms with E-state index < -0.39 is 0 Å². The number of carbonyl (C=O) groups excluding carboxylic acids is 1. The van der Waals surface area contributed by atoms with Crippen molar-refractivity contribution < 1.29 is 14.3 Å². The molecule has 1 aliphatic heterocycles. The van der Waals surface area contributed by atoms with Gasteiger partial charge >= 0.3 is 0 Å². The number of amides is 1. The van der Waals surface area contributed by atoms with E-state index in [0.29, 0.717) is 34.2 Å². The highest BCUT2D eigenvalue weighted by Gasteiger charge is 2.28. The number of nitrogens with zero attached hydrogens (tertiary/aromatic N) is 1. The number of nitriles is 1. The van der Waals surface area contributed by atoms with Gasteiger partial charge in [0, 0.05) is 23.2 Å². The average molecular weight is 461 g/mol. The fourth-order valence-corrected chi connectivity index (χ4v) is 3.85. The molecule has 0 radical (unpaired) electrons. The van der Waals surface area contributed by atoms with Crippen molar-refractivity contribution in [3.8, 4) is 23.3 Å². The van der Waals surface area contributed by atoms with Crippen LogP contribution in [0.25, 0.3) is 0 Å². The number of aryl methyl sites for hydroxylation is 1. The summed E-state index contributed by atoms with van der Waals surface area (Å²) in [6.45, 7) is 4.62. The minimum Gasteiger partial charge on any atom is -0.487 e. The highest BCUT2D eigenvalue weighted by molar-refractivity contribution is 6.30. The van der Waals surface area contributed by atoms with Crippen LogP contribution >= 0.6 is 11.6 Å². The lowest BCUT2D eigenvalue weighted by Crippen LogP contribution is -2.32. The van der Waals surface area contributed by atoms with Crippen molar-refractivity contribution in [1.29, 1.82) is 5.26 Å². The van der Waals surface area contributed by atoms with Gasteiger partial charge in [-0.15, -0.1) is 0 Å². The van der Waals surface area contributed by atoms with Crippen LogP contribution in [0, 0.1) is 11.3 Å². The number of hydrogen-bond acceptors (Lipinski definition) is 4. The number of ether oxygens (including phenoxy) is 2. The van der Waals surface area contributed by atoms with Crippen LogP contribution in [-0.4, -0.2) is 18.1 Å². The summed E-state index contributed by atoms with van der Waals surface area (Å²) in [5.41, 5.74) is 2.87. The third kappa shape index (κ3) is 5.66. The van der Waals surface area contributed by atoms with Gasteiger partial charge in [-0.25, -0.2) is 0 Å². The number of nitrogens with one attached hydrogen (secondary N) is 1. The molecule has 5 nitrogen and oxygen atoms in total. The molecule has 4 rings (SSSR count). The van der Waals surface area contributed by atoms with Crippen LogP contribution in [0.1, 0.15) is 47.3 Å². The van der Waals surface area contributed by atoms with Crippen LogP contribution in [-0.2, 0) is 12.8 Å². The maximum absolute atomic E-state index is 12.4. The van der Waals surface area contributed by atoms with Crippen molar-refractivity contribution in [1.82, 2.24) is 5.32 Å². The second kappa shape index (κ2) is 9.56. The van der Waals surface area contributed by atoms with Crippen molar-refractivity contribution >= 4 is 17.5 Å². The molecule has 0 aliphatic carbocycles. The Kier molecular flexibility index (Phi) is 6.57. The molecule has 0 atom stereocenters. The summed E-state index contributed by atoms with van der Waals surface area (Å²) in [4.78, 5) is 12.4. The molecule has 1 amide bonds. The van der Waals surface area contributed by atoms with Gasteiger partial charge in [-0.3, -0.25) is 4.79 Å². The SMILES string of the molecule is CC1(C)CCc2cc(C#N)c(Oc3ccc(C(=O)NCCc4ccc(Cl)cc4)cc3)cc2O1. The molecule has 6 heteroatoms. The Balaban J connectivity index is 1.39. The zero-order valence-electron chi connectivity index (χ0n) is 18.7. The molecule has 33 heavy (non-hydrogen) atoms. The van der Waals surface area contributed by atoms with Gasteiger partial charge in [0.1, 0.15) is 28.9 Å². The number of fused-ring (bicyclic) bond motifs is 1. The smallest absolute Gasteiger partial charge is 0.251 e. The molecule has 0 saturated heterocycles. The Morgan fingerprint density at radius 2 is 1.88 bits per heavy atom. The summed E-state index contributed by atoms with van der Waals surface area (Å²) >= 11 is 5.90. The fraction of sp³-hybridized carbons (Fsp3) is 0.259. The van der Waals surface area contributed by atoms with Gasteiger partial charge in [-0.2, -0.15) is 5.26 Å². The van der Waals surface area contributed by atoms with Crippen molar-refractivity contribution in [2.75, 3.05) is 6.54 Å². The van der Waals surface area contributed by atoms with E-state index in [1.807, 2.05) is 44.2 Å². The van der Waals surface area contributed by atoms with Gasteiger partial charge in [0.05, 0.1) is 5.56 Å². The molecule has 0 unspecified atom stereocenters. The summed E-state index contributed by atoms with van der Waals surface area (Å²) < 4.78 is 12.0. The molecule has 1 N–H and O–H groups in total. The Hall–Kier alpha value is -3.49. The Morgan fingerprint density at radius 1 is 1.15 bits per heavy atom. The Bertz CT molecular complexity index is 1200. The third-order valence-electron chi connectivity index (χ3n) is 5.62. The van der Waals surface area contributed by atoms with E-state index in [1.165, 1.54) is 0 Å². The quantitative estimate of drug-likeness (QED) is 0.483. The van der Waals surface area contributed by atoms with E-state index in [2.05, 4.69) is 11.4 Å². The first-order valence-corrected chi connectivity index (χ1v) is 11.3. The lowest BCUT2D eigenvalue weighted by atomic mass is 9.93. The molecule has 0 spiro atoms. The fourth-order valence-electron chi connectivity index (χ4n) is 3.73. The first-order valence-electron chi connectivity index (χ1n) is 10.9. The predicted octanol–water partition coefficient (Wildman–Crippen LogP) is 6.08. The second-order valence-corrected chi connectivity index (χ2v) is 9.12. The first kappa shape index (κ1) is 22.7. The highest BCUT2D eigenvalue weighted by Crippen LogP contribution is 2.38. The molecule has 0 bridgehead atoms. The average Bonchev–Trinajstić information content (AvgIpc) is 2.80. The number of rotatable bonds is 6. The molecule has 168 valence electrons. The topological polar surface area (TPSA) is 71.3 Å². The van der Waals surface area contributed by atoms with Crippen LogP contribution in [0.15, 0.2) is 60.7 Å². The maximum Gasteiger partial charge on any atom is 0.251 e. The summed E-state index contributed by atoms with van der Waals surface area (Å²) in [6, 6.07) is 20.2. The zero-order chi connectivity index (χ0) is 23.4. The molecular formula is C27H25ClN2O3. The first-order chi connectivity index (χ1) is 15.8. The summed E-state index contributed by atoms with van der Waals surface area (Å²) in [5, 5.41) is 13.2. The van der Waals surface area contributed by atoms with E-state index in [9.17, 15) is 10.1 Å². The number of carbonyl (C=O) groups is 1. The Labute approximate surface area is 198 Å². The lowest BCUT2D eigenvalue weighted by Gasteiger charge is -2.32. The molecule has 1 aliphatic rings. The number of benzene rings is 3. The van der Waals surface area contributed by atoms with E-state index in [4.69, 9.17) is 21.1 Å². The largest absolute Gasteiger partial charge is 0.487 e. The minimum absolute atomic E-state index is 0.155. The lowest BCUT2D eigenvalue weighted by molar-refractivity contribution is 0.0844. The van der Waals surface area contributed by atoms with Crippen LogP contribution in [0.3, 0.4) is 0 Å². The van der Waals surface area contributed by atoms with Gasteiger partial charge in [0.25, 0.3) is 5.91 Å². The monoisotopic (exact) mass is 460 g/mol. The van der Waals surface area contributed by atoms with Crippen molar-refractivity contribution in [3.63, 3.8) is 0 Å². The van der Waals surface area contributed by atoms with E-state index >= 15 is 0 Å². The molecule has 0 aromatic heterocycles. The summed E-state index contributed by atoms with van der Waals surface area (Å²) in [7, 11) is 0. The van der Waals surface area contributed by atoms with E-state index in [1.54, 1.807) is 30.3 Å². The molecule has 3 aromatic rings. The van der Waals surface area contributed by atoms with E-state index in [0.717, 1.165) is 36.1 Å². The minimum atomic E-state index is -0.249. The van der Waals surface area contributed by atoms with Crippen molar-refractivity contribution in [2.45, 2.75) is 38.7 Å². The molecular weight excluding hydrogens is 436 g/mol. The van der Waals surface area contributed by atoms with Crippen LogP contribution in [0.2, 0.25) is 5.02 Å². The predicted molar refractivity (Wildman–Crippen MR) is 128 cm³/mol. The van der Waals surface area contributed by atoms with Gasteiger partial charge in [0.2, 0.25) is 0 Å². The van der Waals surface area contributed by atoms with Crippen LogP contribution in [0.4, 0.5) is 0 Å². The molecule has 0 saturated carbocycles. The van der Waals surface area contributed by atoms with E-state index in [-0.39, 0.29) is 11.5 Å². The van der Waals surface area contributed by atoms with Gasteiger partial charge in [-0.05, 0) is 86.7 Å². The molecule has 3 aromatic carbocycles. The normalized spacial score (nSPS) is 13.9. The molecule has 1 heterocycles. The maximum atomic E-state index is 12.4. The van der Waals surface area contributed by atoms with Gasteiger partial charge < -0.3 is 14.8 Å². The van der Waals surface area contributed by atoms with Crippen molar-refractivity contribution in [3.05, 3.63) is 87.9 Å². The van der Waals surface area contributed by atoms with Gasteiger partial charge in [-0.1, -0.05) is 23.7 Å². The summed E-state index contributed by atoms with van der Waals surface area (Å²) in [6.07, 6.45) is 2.48. The number of halogens is 1. The summed E-state index contributed by atoms with van der Waals surface area (Å²) in [5.74, 6) is 1.57. The molecule has 0 fully saturated rings. The second-order valence-electron chi connectivity index (χ2n) is 8.69. The Morgan fingerprint density at radius 3 is 2.58 bits per heavy atom. The standard InChI is InChI=1S/C27H25ClN2O3/c1-27(2)13-11-20-15-21(17-29)24(16-25(20)33-27)32-23-9-5-19(6-10-23)26(31)30-14-12-18-3-7-22(28)8-4-18/h3-10,15-16H,11-14H2,1-2H3,(H,30,31). The van der Waals surface area contributed by atoms with Crippen LogP contribution in [0.5, 0.6) is 17.2 Å². The third-order valence-corrected chi connectivity index (χ3v) is 5.87. The van der Waals surface area contributed by atoms with Crippen LogP contribution < -0.4 is 14.8 Å².